The van der Waals surface area contributed by atoms with Crippen molar-refractivity contribution in [2.24, 2.45) is 17.6 Å². The van der Waals surface area contributed by atoms with Crippen molar-refractivity contribution in [1.82, 2.24) is 4.90 Å². The molecule has 3 unspecified atom stereocenters. The molecule has 0 radical (unpaired) electrons. The molecule has 0 aromatic heterocycles. The van der Waals surface area contributed by atoms with Gasteiger partial charge in [0.15, 0.2) is 0 Å². The first-order valence-electron chi connectivity index (χ1n) is 6.72. The minimum Gasteiger partial charge on any atom is -0.329 e. The van der Waals surface area contributed by atoms with E-state index in [9.17, 15) is 0 Å². The maximum atomic E-state index is 6.16. The number of rotatable bonds is 2. The van der Waals surface area contributed by atoms with Crippen LogP contribution in [0.4, 0.5) is 0 Å². The highest BCUT2D eigenvalue weighted by molar-refractivity contribution is 7.99. The second-order valence-corrected chi connectivity index (χ2v) is 6.91. The lowest BCUT2D eigenvalue weighted by molar-refractivity contribution is 0.00654. The van der Waals surface area contributed by atoms with Crippen LogP contribution in [0.15, 0.2) is 0 Å². The molecule has 2 aliphatic rings. The molecule has 0 bridgehead atoms. The van der Waals surface area contributed by atoms with Gasteiger partial charge < -0.3 is 5.73 Å². The van der Waals surface area contributed by atoms with Crippen molar-refractivity contribution in [3.05, 3.63) is 0 Å². The van der Waals surface area contributed by atoms with Gasteiger partial charge in [-0.2, -0.15) is 11.8 Å². The topological polar surface area (TPSA) is 29.3 Å². The fourth-order valence-corrected chi connectivity index (χ4v) is 4.50. The van der Waals surface area contributed by atoms with E-state index in [0.717, 1.165) is 18.4 Å². The Morgan fingerprint density at radius 2 is 2.00 bits per heavy atom. The monoisotopic (exact) mass is 242 g/mol. The summed E-state index contributed by atoms with van der Waals surface area (Å²) in [6.07, 6.45) is 4.04. The first-order chi connectivity index (χ1) is 7.69. The predicted molar refractivity (Wildman–Crippen MR) is 72.9 cm³/mol. The first-order valence-corrected chi connectivity index (χ1v) is 7.87. The number of nitrogens with zero attached hydrogens (tertiary/aromatic N) is 1. The molecule has 2 nitrogen and oxygen atoms in total. The molecule has 3 atom stereocenters. The third-order valence-electron chi connectivity index (χ3n) is 4.74. The summed E-state index contributed by atoms with van der Waals surface area (Å²) in [5.74, 6) is 4.26. The van der Waals surface area contributed by atoms with E-state index in [0.29, 0.717) is 5.54 Å². The predicted octanol–water partition coefficient (Wildman–Crippen LogP) is 2.19. The lowest BCUT2D eigenvalue weighted by atomic mass is 9.69. The van der Waals surface area contributed by atoms with Gasteiger partial charge in [-0.3, -0.25) is 4.90 Å². The summed E-state index contributed by atoms with van der Waals surface area (Å²) < 4.78 is 0. The Hall–Kier alpha value is 0.270. The summed E-state index contributed by atoms with van der Waals surface area (Å²) in [6, 6.07) is 0. The second-order valence-electron chi connectivity index (χ2n) is 5.69. The van der Waals surface area contributed by atoms with Crippen LogP contribution in [-0.2, 0) is 0 Å². The van der Waals surface area contributed by atoms with Gasteiger partial charge in [-0.1, -0.05) is 13.8 Å². The van der Waals surface area contributed by atoms with Crippen LogP contribution in [0.2, 0.25) is 0 Å². The van der Waals surface area contributed by atoms with Crippen LogP contribution in [0.3, 0.4) is 0 Å². The van der Waals surface area contributed by atoms with Gasteiger partial charge in [0.1, 0.15) is 0 Å². The highest BCUT2D eigenvalue weighted by Gasteiger charge is 2.43. The molecule has 16 heavy (non-hydrogen) atoms. The highest BCUT2D eigenvalue weighted by atomic mass is 32.2. The Balaban J connectivity index is 2.10. The number of hydrogen-bond donors (Lipinski definition) is 1. The standard InChI is InChI=1S/C13H26N2S/c1-11-3-4-13(10-14,12(2)9-11)15-5-7-16-8-6-15/h11-12H,3-10,14H2,1-2H3. The lowest BCUT2D eigenvalue weighted by Crippen LogP contribution is -2.61. The van der Waals surface area contributed by atoms with E-state index in [1.165, 1.54) is 43.9 Å². The van der Waals surface area contributed by atoms with Gasteiger partial charge in [-0.15, -0.1) is 0 Å². The molecule has 1 aliphatic heterocycles. The molecule has 2 fully saturated rings. The summed E-state index contributed by atoms with van der Waals surface area (Å²) in [5.41, 5.74) is 6.48. The number of hydrogen-bond acceptors (Lipinski definition) is 3. The van der Waals surface area contributed by atoms with Crippen molar-refractivity contribution in [3.8, 4) is 0 Å². The fraction of sp³-hybridized carbons (Fsp3) is 1.00. The fourth-order valence-electron chi connectivity index (χ4n) is 3.59. The zero-order valence-corrected chi connectivity index (χ0v) is 11.6. The largest absolute Gasteiger partial charge is 0.329 e. The van der Waals surface area contributed by atoms with Crippen LogP contribution in [0.1, 0.15) is 33.1 Å². The van der Waals surface area contributed by atoms with Crippen LogP contribution in [0.25, 0.3) is 0 Å². The van der Waals surface area contributed by atoms with E-state index >= 15 is 0 Å². The van der Waals surface area contributed by atoms with Crippen LogP contribution in [0, 0.1) is 11.8 Å². The lowest BCUT2D eigenvalue weighted by Gasteiger charge is -2.52. The van der Waals surface area contributed by atoms with Crippen LogP contribution >= 0.6 is 11.8 Å². The maximum Gasteiger partial charge on any atom is 0.0358 e. The molecule has 3 heteroatoms. The van der Waals surface area contributed by atoms with Gasteiger partial charge in [0.25, 0.3) is 0 Å². The van der Waals surface area contributed by atoms with E-state index in [1.807, 2.05) is 0 Å². The molecule has 1 saturated heterocycles. The Kier molecular flexibility index (Phi) is 4.20. The zero-order valence-electron chi connectivity index (χ0n) is 10.7. The molecule has 1 heterocycles. The number of thioether (sulfide) groups is 1. The van der Waals surface area contributed by atoms with Crippen molar-refractivity contribution in [1.29, 1.82) is 0 Å². The molecule has 1 aliphatic carbocycles. The molecular weight excluding hydrogens is 216 g/mol. The highest BCUT2D eigenvalue weighted by Crippen LogP contribution is 2.41. The van der Waals surface area contributed by atoms with E-state index in [2.05, 4.69) is 30.5 Å². The van der Waals surface area contributed by atoms with E-state index in [-0.39, 0.29) is 0 Å². The summed E-state index contributed by atoms with van der Waals surface area (Å²) >= 11 is 2.09. The molecular formula is C13H26N2S. The van der Waals surface area contributed by atoms with Gasteiger partial charge in [0.05, 0.1) is 0 Å². The molecule has 94 valence electrons. The minimum atomic E-state index is 0.327. The van der Waals surface area contributed by atoms with E-state index in [1.54, 1.807) is 0 Å². The normalized spacial score (nSPS) is 42.2. The van der Waals surface area contributed by atoms with Crippen LogP contribution < -0.4 is 5.73 Å². The molecule has 2 N–H and O–H groups in total. The molecule has 0 aromatic carbocycles. The Morgan fingerprint density at radius 1 is 1.31 bits per heavy atom. The summed E-state index contributed by atoms with van der Waals surface area (Å²) in [5, 5.41) is 0. The van der Waals surface area contributed by atoms with Crippen molar-refractivity contribution in [2.45, 2.75) is 38.6 Å². The van der Waals surface area contributed by atoms with E-state index in [4.69, 9.17) is 5.73 Å². The zero-order chi connectivity index (χ0) is 11.6. The number of nitrogens with two attached hydrogens (primary N) is 1. The third kappa shape index (κ3) is 2.27. The van der Waals surface area contributed by atoms with Crippen molar-refractivity contribution in [2.75, 3.05) is 31.1 Å². The summed E-state index contributed by atoms with van der Waals surface area (Å²) in [7, 11) is 0. The van der Waals surface area contributed by atoms with Crippen LogP contribution in [-0.4, -0.2) is 41.6 Å². The smallest absolute Gasteiger partial charge is 0.0358 e. The van der Waals surface area contributed by atoms with Gasteiger partial charge in [-0.05, 0) is 31.1 Å². The maximum absolute atomic E-state index is 6.16. The minimum absolute atomic E-state index is 0.327. The van der Waals surface area contributed by atoms with Gasteiger partial charge in [0, 0.05) is 36.7 Å². The first kappa shape index (κ1) is 12.7. The average molecular weight is 242 g/mol. The molecule has 1 saturated carbocycles. The quantitative estimate of drug-likeness (QED) is 0.805. The Morgan fingerprint density at radius 3 is 2.56 bits per heavy atom. The van der Waals surface area contributed by atoms with Crippen molar-refractivity contribution < 1.29 is 0 Å². The molecule has 2 rings (SSSR count). The second kappa shape index (κ2) is 5.28. The van der Waals surface area contributed by atoms with Crippen molar-refractivity contribution >= 4 is 11.8 Å². The van der Waals surface area contributed by atoms with Gasteiger partial charge in [-0.25, -0.2) is 0 Å². The van der Waals surface area contributed by atoms with Gasteiger partial charge >= 0.3 is 0 Å². The third-order valence-corrected chi connectivity index (χ3v) is 5.68. The summed E-state index contributed by atoms with van der Waals surface area (Å²) in [6.45, 7) is 8.17. The summed E-state index contributed by atoms with van der Waals surface area (Å²) in [4.78, 5) is 2.71. The SMILES string of the molecule is CC1CCC(CN)(N2CCSCC2)C(C)C1. The van der Waals surface area contributed by atoms with Crippen LogP contribution in [0.5, 0.6) is 0 Å². The Bertz CT molecular complexity index is 228. The molecule has 0 amide bonds. The molecule has 0 spiro atoms. The molecule has 0 aromatic rings. The average Bonchev–Trinajstić information content (AvgIpc) is 2.31. The van der Waals surface area contributed by atoms with E-state index < -0.39 is 0 Å². The van der Waals surface area contributed by atoms with Crippen molar-refractivity contribution in [3.63, 3.8) is 0 Å². The van der Waals surface area contributed by atoms with Gasteiger partial charge in [0.2, 0.25) is 0 Å². The Labute approximate surface area is 104 Å².